The summed E-state index contributed by atoms with van der Waals surface area (Å²) in [5.74, 6) is -0.0539. The molecule has 0 saturated heterocycles. The first-order chi connectivity index (χ1) is 16.3. The van der Waals surface area contributed by atoms with Gasteiger partial charge >= 0.3 is 11.7 Å². The fraction of sp³-hybridized carbons (Fsp3) is 0.346. The van der Waals surface area contributed by atoms with Gasteiger partial charge in [0.1, 0.15) is 5.75 Å². The van der Waals surface area contributed by atoms with Crippen LogP contribution in [0.4, 0.5) is 0 Å². The lowest BCUT2D eigenvalue weighted by molar-refractivity contribution is -0.137. The molecule has 1 atom stereocenters. The first-order valence-electron chi connectivity index (χ1n) is 11.5. The minimum atomic E-state index is -0.929. The van der Waals surface area contributed by atoms with Crippen molar-refractivity contribution in [3.8, 4) is 5.75 Å². The maximum atomic E-state index is 13.6. The van der Waals surface area contributed by atoms with Crippen molar-refractivity contribution in [3.63, 3.8) is 0 Å². The van der Waals surface area contributed by atoms with Crippen LogP contribution in [0.1, 0.15) is 45.2 Å². The van der Waals surface area contributed by atoms with Crippen LogP contribution >= 0.6 is 0 Å². The van der Waals surface area contributed by atoms with E-state index in [2.05, 4.69) is 4.98 Å². The molecule has 4 rings (SSSR count). The van der Waals surface area contributed by atoms with Crippen LogP contribution in [0.25, 0.3) is 21.8 Å². The van der Waals surface area contributed by atoms with E-state index in [4.69, 9.17) is 9.84 Å². The molecule has 0 saturated carbocycles. The number of hydrogen-bond acceptors (Lipinski definition) is 4. The number of nitrogens with one attached hydrogen (secondary N) is 1. The maximum Gasteiger partial charge on any atom is 0.332 e. The predicted octanol–water partition coefficient (Wildman–Crippen LogP) is 4.15. The lowest BCUT2D eigenvalue weighted by Gasteiger charge is -2.19. The van der Waals surface area contributed by atoms with Crippen LogP contribution in [0.5, 0.6) is 5.75 Å². The van der Waals surface area contributed by atoms with E-state index in [9.17, 15) is 14.4 Å². The molecule has 2 heterocycles. The van der Waals surface area contributed by atoms with Crippen molar-refractivity contribution in [2.45, 2.75) is 46.2 Å². The van der Waals surface area contributed by atoms with Crippen molar-refractivity contribution in [2.24, 2.45) is 5.92 Å². The van der Waals surface area contributed by atoms with Gasteiger partial charge in [0.15, 0.2) is 0 Å². The lowest BCUT2D eigenvalue weighted by atomic mass is 10.1. The summed E-state index contributed by atoms with van der Waals surface area (Å²) >= 11 is 0. The van der Waals surface area contributed by atoms with E-state index < -0.39 is 23.3 Å². The smallest absolute Gasteiger partial charge is 0.332 e. The number of carboxylic acids is 1. The largest absolute Gasteiger partial charge is 0.493 e. The summed E-state index contributed by atoms with van der Waals surface area (Å²) in [5, 5.41) is 10.4. The summed E-state index contributed by atoms with van der Waals surface area (Å²) < 4.78 is 8.58. The number of ether oxygens (including phenoxy) is 1. The van der Waals surface area contributed by atoms with Gasteiger partial charge in [0.05, 0.1) is 23.6 Å². The molecule has 0 spiro atoms. The second-order valence-electron chi connectivity index (χ2n) is 8.96. The zero-order valence-electron chi connectivity index (χ0n) is 19.6. The number of aromatic nitrogens is 3. The number of fused-ring (bicyclic) bond motifs is 2. The van der Waals surface area contributed by atoms with Gasteiger partial charge in [-0.1, -0.05) is 32.0 Å². The topological polar surface area (TPSA) is 106 Å². The van der Waals surface area contributed by atoms with Crippen LogP contribution in [0.2, 0.25) is 0 Å². The first-order valence-corrected chi connectivity index (χ1v) is 11.5. The molecular formula is C26H29N3O5. The number of rotatable bonds is 9. The van der Waals surface area contributed by atoms with Gasteiger partial charge in [-0.25, -0.2) is 4.79 Å². The summed E-state index contributed by atoms with van der Waals surface area (Å²) in [6, 6.07) is 12.3. The van der Waals surface area contributed by atoms with Crippen LogP contribution < -0.4 is 16.0 Å². The zero-order chi connectivity index (χ0) is 24.4. The molecule has 2 N–H and O–H groups in total. The number of benzene rings is 2. The van der Waals surface area contributed by atoms with Gasteiger partial charge < -0.3 is 14.8 Å². The van der Waals surface area contributed by atoms with Crippen molar-refractivity contribution in [2.75, 3.05) is 6.61 Å². The Morgan fingerprint density at radius 1 is 1.09 bits per heavy atom. The SMILES string of the molecule is CC(C)COc1ccc2c(c1)c(=O)n(C(C)c1c[nH]c3ccccc13)c(=O)n2CCCC(=O)O. The number of H-pyrrole nitrogens is 1. The minimum absolute atomic E-state index is 0.0688. The highest BCUT2D eigenvalue weighted by Gasteiger charge is 2.21. The zero-order valence-corrected chi connectivity index (χ0v) is 19.6. The normalized spacial score (nSPS) is 12.5. The van der Waals surface area contributed by atoms with Gasteiger partial charge in [-0.2, -0.15) is 0 Å². The fourth-order valence-corrected chi connectivity index (χ4v) is 4.25. The molecular weight excluding hydrogens is 434 g/mol. The van der Waals surface area contributed by atoms with Crippen LogP contribution in [-0.4, -0.2) is 31.8 Å². The third kappa shape index (κ3) is 4.48. The summed E-state index contributed by atoms with van der Waals surface area (Å²) in [6.07, 6.45) is 2.03. The van der Waals surface area contributed by atoms with E-state index >= 15 is 0 Å². The van der Waals surface area contributed by atoms with Crippen molar-refractivity contribution in [1.29, 1.82) is 0 Å². The molecule has 0 aliphatic rings. The Balaban J connectivity index is 1.89. The minimum Gasteiger partial charge on any atom is -0.493 e. The summed E-state index contributed by atoms with van der Waals surface area (Å²) in [5.41, 5.74) is 1.36. The fourth-order valence-electron chi connectivity index (χ4n) is 4.25. The molecule has 0 fully saturated rings. The quantitative estimate of drug-likeness (QED) is 0.388. The van der Waals surface area contributed by atoms with E-state index in [1.807, 2.05) is 51.2 Å². The van der Waals surface area contributed by atoms with E-state index in [1.54, 1.807) is 18.2 Å². The van der Waals surface area contributed by atoms with Gasteiger partial charge in [-0.3, -0.25) is 18.7 Å². The molecule has 0 aliphatic heterocycles. The summed E-state index contributed by atoms with van der Waals surface area (Å²) in [6.45, 7) is 6.59. The van der Waals surface area contributed by atoms with E-state index in [0.29, 0.717) is 29.2 Å². The third-order valence-electron chi connectivity index (χ3n) is 5.96. The molecule has 1 unspecified atom stereocenters. The van der Waals surface area contributed by atoms with E-state index in [1.165, 1.54) is 9.13 Å². The molecule has 8 heteroatoms. The average Bonchev–Trinajstić information content (AvgIpc) is 3.24. The van der Waals surface area contributed by atoms with Gasteiger partial charge in [0.25, 0.3) is 5.56 Å². The molecule has 0 radical (unpaired) electrons. The van der Waals surface area contributed by atoms with Crippen molar-refractivity contribution in [1.82, 2.24) is 14.1 Å². The highest BCUT2D eigenvalue weighted by molar-refractivity contribution is 5.84. The number of aromatic amines is 1. The number of aryl methyl sites for hydroxylation is 1. The van der Waals surface area contributed by atoms with Crippen molar-refractivity contribution < 1.29 is 14.6 Å². The average molecular weight is 464 g/mol. The Hall–Kier alpha value is -3.81. The molecule has 4 aromatic rings. The third-order valence-corrected chi connectivity index (χ3v) is 5.96. The number of carbonyl (C=O) groups is 1. The Labute approximate surface area is 196 Å². The first kappa shape index (κ1) is 23.4. The van der Waals surface area contributed by atoms with Gasteiger partial charge in [-0.05, 0) is 43.5 Å². The van der Waals surface area contributed by atoms with Crippen LogP contribution in [0.3, 0.4) is 0 Å². The second kappa shape index (κ2) is 9.59. The van der Waals surface area contributed by atoms with Crippen LogP contribution in [0.15, 0.2) is 58.3 Å². The molecule has 0 aliphatic carbocycles. The highest BCUT2D eigenvalue weighted by atomic mass is 16.5. The highest BCUT2D eigenvalue weighted by Crippen LogP contribution is 2.26. The summed E-state index contributed by atoms with van der Waals surface area (Å²) in [4.78, 5) is 41.5. The number of carboxylic acid groups (broad SMARTS) is 1. The molecule has 178 valence electrons. The lowest BCUT2D eigenvalue weighted by Crippen LogP contribution is -2.42. The van der Waals surface area contributed by atoms with Crippen LogP contribution in [-0.2, 0) is 11.3 Å². The Morgan fingerprint density at radius 2 is 1.85 bits per heavy atom. The molecule has 0 amide bonds. The molecule has 34 heavy (non-hydrogen) atoms. The molecule has 0 bridgehead atoms. The number of nitrogens with zero attached hydrogens (tertiary/aromatic N) is 2. The van der Waals surface area contributed by atoms with Gasteiger partial charge in [0.2, 0.25) is 0 Å². The molecule has 8 nitrogen and oxygen atoms in total. The Morgan fingerprint density at radius 3 is 2.59 bits per heavy atom. The van der Waals surface area contributed by atoms with Crippen molar-refractivity contribution in [3.05, 3.63) is 75.1 Å². The maximum absolute atomic E-state index is 13.6. The van der Waals surface area contributed by atoms with Gasteiger partial charge in [0, 0.05) is 35.6 Å². The number of hydrogen-bond donors (Lipinski definition) is 2. The van der Waals surface area contributed by atoms with E-state index in [0.717, 1.165) is 16.5 Å². The number of para-hydroxylation sites is 1. The second-order valence-corrected chi connectivity index (χ2v) is 8.96. The predicted molar refractivity (Wildman–Crippen MR) is 132 cm³/mol. The van der Waals surface area contributed by atoms with E-state index in [-0.39, 0.29) is 19.4 Å². The monoisotopic (exact) mass is 463 g/mol. The molecule has 2 aromatic heterocycles. The number of aliphatic carboxylic acids is 1. The Kier molecular flexibility index (Phi) is 6.58. The molecule has 2 aromatic carbocycles. The standard InChI is InChI=1S/C26H29N3O5/c1-16(2)15-34-18-10-11-23-20(13-18)25(32)29(26(33)28(23)12-6-9-24(30)31)17(3)21-14-27-22-8-5-4-7-19(21)22/h4-5,7-8,10-11,13-14,16-17,27H,6,9,12,15H2,1-3H3,(H,30,31). The van der Waals surface area contributed by atoms with Gasteiger partial charge in [-0.15, -0.1) is 0 Å². The Bertz CT molecular complexity index is 1460. The summed E-state index contributed by atoms with van der Waals surface area (Å²) in [7, 11) is 0. The van der Waals surface area contributed by atoms with Crippen molar-refractivity contribution >= 4 is 27.8 Å². The van der Waals surface area contributed by atoms with Crippen LogP contribution in [0, 0.1) is 5.92 Å².